The third-order valence-corrected chi connectivity index (χ3v) is 2.11. The molecular weight excluding hydrogens is 217 g/mol. The number of alkyl halides is 3. The average molecular weight is 230 g/mol. The summed E-state index contributed by atoms with van der Waals surface area (Å²) in [6.07, 6.45) is -4.32. The van der Waals surface area contributed by atoms with Crippen LogP contribution >= 0.6 is 0 Å². The van der Waals surface area contributed by atoms with Crippen LogP contribution in [0.2, 0.25) is 0 Å². The zero-order valence-electron chi connectivity index (χ0n) is 9.34. The maximum absolute atomic E-state index is 12.4. The average Bonchev–Trinajstić information content (AvgIpc) is 2.16. The SMILES string of the molecule is CC(=Nc1cccc(C(F)(F)F)c1)N(C)C. The minimum Gasteiger partial charge on any atom is -0.366 e. The van der Waals surface area contributed by atoms with Crippen LogP contribution in [0.1, 0.15) is 12.5 Å². The molecule has 5 heteroatoms. The van der Waals surface area contributed by atoms with E-state index in [1.54, 1.807) is 32.0 Å². The molecule has 2 nitrogen and oxygen atoms in total. The molecule has 0 unspecified atom stereocenters. The fraction of sp³-hybridized carbons (Fsp3) is 0.364. The number of benzene rings is 1. The third kappa shape index (κ3) is 3.25. The topological polar surface area (TPSA) is 15.6 Å². The third-order valence-electron chi connectivity index (χ3n) is 2.11. The Hall–Kier alpha value is -1.52. The van der Waals surface area contributed by atoms with E-state index >= 15 is 0 Å². The first-order valence-corrected chi connectivity index (χ1v) is 4.70. The van der Waals surface area contributed by atoms with Crippen molar-refractivity contribution in [1.82, 2.24) is 4.90 Å². The highest BCUT2D eigenvalue weighted by molar-refractivity contribution is 5.82. The Morgan fingerprint density at radius 3 is 2.38 bits per heavy atom. The minimum atomic E-state index is -4.32. The quantitative estimate of drug-likeness (QED) is 0.533. The molecule has 0 aromatic heterocycles. The molecule has 1 aromatic carbocycles. The first kappa shape index (κ1) is 12.5. The van der Waals surface area contributed by atoms with E-state index in [9.17, 15) is 13.2 Å². The van der Waals surface area contributed by atoms with Gasteiger partial charge in [0.1, 0.15) is 5.84 Å². The molecule has 0 amide bonds. The zero-order valence-corrected chi connectivity index (χ0v) is 9.34. The molecule has 0 aliphatic rings. The fourth-order valence-electron chi connectivity index (χ4n) is 1.04. The van der Waals surface area contributed by atoms with Crippen LogP contribution in [0.15, 0.2) is 29.3 Å². The summed E-state index contributed by atoms with van der Waals surface area (Å²) in [7, 11) is 3.57. The van der Waals surface area contributed by atoms with Crippen LogP contribution in [-0.4, -0.2) is 24.8 Å². The largest absolute Gasteiger partial charge is 0.416 e. The Kier molecular flexibility index (Phi) is 3.57. The number of rotatable bonds is 1. The van der Waals surface area contributed by atoms with Gasteiger partial charge in [0.05, 0.1) is 11.3 Å². The maximum atomic E-state index is 12.4. The lowest BCUT2D eigenvalue weighted by Gasteiger charge is -2.11. The maximum Gasteiger partial charge on any atom is 0.416 e. The molecule has 0 fully saturated rings. The van der Waals surface area contributed by atoms with Crippen molar-refractivity contribution in [3.05, 3.63) is 29.8 Å². The van der Waals surface area contributed by atoms with Gasteiger partial charge in [-0.2, -0.15) is 13.2 Å². The van der Waals surface area contributed by atoms with Crippen molar-refractivity contribution in [1.29, 1.82) is 0 Å². The van der Waals surface area contributed by atoms with Crippen LogP contribution in [-0.2, 0) is 6.18 Å². The number of aliphatic imine (C=N–C) groups is 1. The van der Waals surface area contributed by atoms with Crippen molar-refractivity contribution in [3.63, 3.8) is 0 Å². The number of halogens is 3. The van der Waals surface area contributed by atoms with Crippen LogP contribution in [0, 0.1) is 0 Å². The molecule has 16 heavy (non-hydrogen) atoms. The number of hydrogen-bond donors (Lipinski definition) is 0. The summed E-state index contributed by atoms with van der Waals surface area (Å²) in [6.45, 7) is 1.74. The summed E-state index contributed by atoms with van der Waals surface area (Å²) in [5.74, 6) is 0.652. The molecule has 0 spiro atoms. The van der Waals surface area contributed by atoms with E-state index in [1.807, 2.05) is 0 Å². The van der Waals surface area contributed by atoms with Gasteiger partial charge in [-0.1, -0.05) is 6.07 Å². The normalized spacial score (nSPS) is 12.8. The van der Waals surface area contributed by atoms with Crippen molar-refractivity contribution in [2.75, 3.05) is 14.1 Å². The van der Waals surface area contributed by atoms with Crippen LogP contribution in [0.5, 0.6) is 0 Å². The highest BCUT2D eigenvalue weighted by atomic mass is 19.4. The summed E-state index contributed by atoms with van der Waals surface area (Å²) in [5.41, 5.74) is -0.374. The van der Waals surface area contributed by atoms with Crippen molar-refractivity contribution >= 4 is 11.5 Å². The first-order chi connectivity index (χ1) is 7.30. The monoisotopic (exact) mass is 230 g/mol. The summed E-state index contributed by atoms with van der Waals surface area (Å²) in [6, 6.07) is 4.96. The van der Waals surface area contributed by atoms with Crippen LogP contribution in [0.4, 0.5) is 18.9 Å². The van der Waals surface area contributed by atoms with Gasteiger partial charge in [0.2, 0.25) is 0 Å². The Labute approximate surface area is 92.4 Å². The second-order valence-corrected chi connectivity index (χ2v) is 3.60. The molecule has 0 heterocycles. The van der Waals surface area contributed by atoms with Gasteiger partial charge in [-0.05, 0) is 25.1 Å². The molecule has 88 valence electrons. The van der Waals surface area contributed by atoms with E-state index in [2.05, 4.69) is 4.99 Å². The predicted octanol–water partition coefficient (Wildman–Crippen LogP) is 3.32. The molecule has 0 bridgehead atoms. The Bertz CT molecular complexity index is 394. The summed E-state index contributed by atoms with van der Waals surface area (Å²) in [4.78, 5) is 5.81. The fourth-order valence-corrected chi connectivity index (χ4v) is 1.04. The van der Waals surface area contributed by atoms with E-state index < -0.39 is 11.7 Å². The van der Waals surface area contributed by atoms with Gasteiger partial charge in [-0.25, -0.2) is 4.99 Å². The Morgan fingerprint density at radius 1 is 1.25 bits per heavy atom. The number of nitrogens with zero attached hydrogens (tertiary/aromatic N) is 2. The molecule has 1 aromatic rings. The lowest BCUT2D eigenvalue weighted by atomic mass is 10.2. The van der Waals surface area contributed by atoms with E-state index in [4.69, 9.17) is 0 Å². The predicted molar refractivity (Wildman–Crippen MR) is 57.9 cm³/mol. The van der Waals surface area contributed by atoms with E-state index in [0.717, 1.165) is 12.1 Å². The van der Waals surface area contributed by atoms with Crippen LogP contribution in [0.25, 0.3) is 0 Å². The van der Waals surface area contributed by atoms with E-state index in [-0.39, 0.29) is 0 Å². The molecule has 0 atom stereocenters. The van der Waals surface area contributed by atoms with Crippen molar-refractivity contribution in [2.45, 2.75) is 13.1 Å². The number of hydrogen-bond acceptors (Lipinski definition) is 1. The molecule has 0 aliphatic heterocycles. The van der Waals surface area contributed by atoms with Gasteiger partial charge < -0.3 is 4.90 Å². The second kappa shape index (κ2) is 4.55. The Morgan fingerprint density at radius 2 is 1.88 bits per heavy atom. The van der Waals surface area contributed by atoms with E-state index in [0.29, 0.717) is 11.5 Å². The minimum absolute atomic E-state index is 0.307. The van der Waals surface area contributed by atoms with Crippen LogP contribution in [0.3, 0.4) is 0 Å². The van der Waals surface area contributed by atoms with Gasteiger partial charge in [0.15, 0.2) is 0 Å². The smallest absolute Gasteiger partial charge is 0.366 e. The van der Waals surface area contributed by atoms with Gasteiger partial charge >= 0.3 is 6.18 Å². The highest BCUT2D eigenvalue weighted by Gasteiger charge is 2.30. The molecule has 0 saturated carbocycles. The molecule has 1 rings (SSSR count). The second-order valence-electron chi connectivity index (χ2n) is 3.60. The summed E-state index contributed by atoms with van der Waals surface area (Å²) >= 11 is 0. The number of amidine groups is 1. The van der Waals surface area contributed by atoms with E-state index in [1.165, 1.54) is 6.07 Å². The lowest BCUT2D eigenvalue weighted by Crippen LogP contribution is -2.17. The highest BCUT2D eigenvalue weighted by Crippen LogP contribution is 2.31. The zero-order chi connectivity index (χ0) is 12.3. The standard InChI is InChI=1S/C11H13F3N2/c1-8(16(2)3)15-10-6-4-5-9(7-10)11(12,13)14/h4-7H,1-3H3. The van der Waals surface area contributed by atoms with Gasteiger partial charge in [0, 0.05) is 14.1 Å². The summed E-state index contributed by atoms with van der Waals surface area (Å²) in [5, 5.41) is 0. The van der Waals surface area contributed by atoms with Gasteiger partial charge in [-0.15, -0.1) is 0 Å². The molecular formula is C11H13F3N2. The van der Waals surface area contributed by atoms with Crippen molar-refractivity contribution < 1.29 is 13.2 Å². The van der Waals surface area contributed by atoms with Crippen LogP contribution < -0.4 is 0 Å². The first-order valence-electron chi connectivity index (χ1n) is 4.70. The molecule has 0 radical (unpaired) electrons. The summed E-state index contributed by atoms with van der Waals surface area (Å²) < 4.78 is 37.2. The van der Waals surface area contributed by atoms with Crippen molar-refractivity contribution in [3.8, 4) is 0 Å². The molecule has 0 aliphatic carbocycles. The Balaban J connectivity index is 3.05. The van der Waals surface area contributed by atoms with Gasteiger partial charge in [0.25, 0.3) is 0 Å². The van der Waals surface area contributed by atoms with Crippen molar-refractivity contribution in [2.24, 2.45) is 4.99 Å². The molecule has 0 N–H and O–H groups in total. The lowest BCUT2D eigenvalue weighted by molar-refractivity contribution is -0.137. The molecule has 0 saturated heterocycles. The van der Waals surface area contributed by atoms with Gasteiger partial charge in [-0.3, -0.25) is 0 Å².